The van der Waals surface area contributed by atoms with Gasteiger partial charge in [-0.2, -0.15) is 0 Å². The van der Waals surface area contributed by atoms with Crippen molar-refractivity contribution >= 4 is 5.78 Å². The molecule has 0 saturated heterocycles. The summed E-state index contributed by atoms with van der Waals surface area (Å²) in [6.45, 7) is 0. The van der Waals surface area contributed by atoms with Crippen molar-refractivity contribution in [1.29, 1.82) is 0 Å². The zero-order valence-corrected chi connectivity index (χ0v) is 12.9. The molecule has 3 aromatic rings. The second-order valence-electron chi connectivity index (χ2n) is 5.66. The van der Waals surface area contributed by atoms with Gasteiger partial charge in [0.05, 0.1) is 0 Å². The molecule has 0 aliphatic carbocycles. The van der Waals surface area contributed by atoms with Gasteiger partial charge in [-0.15, -0.1) is 0 Å². The van der Waals surface area contributed by atoms with Crippen molar-refractivity contribution in [3.63, 3.8) is 0 Å². The number of aromatic nitrogens is 1. The minimum absolute atomic E-state index is 0.173. The van der Waals surface area contributed by atoms with E-state index in [1.165, 1.54) is 11.1 Å². The van der Waals surface area contributed by atoms with Crippen molar-refractivity contribution in [2.45, 2.75) is 18.8 Å². The molecule has 0 aliphatic rings. The van der Waals surface area contributed by atoms with Crippen LogP contribution in [0.5, 0.6) is 0 Å². The number of rotatable bonds is 6. The van der Waals surface area contributed by atoms with Gasteiger partial charge in [-0.1, -0.05) is 60.7 Å². The molecular weight excluding hydrogens is 282 g/mol. The molecule has 0 fully saturated rings. The van der Waals surface area contributed by atoms with Gasteiger partial charge in [-0.25, -0.2) is 0 Å². The maximum atomic E-state index is 12.6. The zero-order valence-electron chi connectivity index (χ0n) is 12.9. The molecule has 0 amide bonds. The lowest BCUT2D eigenvalue weighted by atomic mass is 9.87. The predicted molar refractivity (Wildman–Crippen MR) is 92.5 cm³/mol. The highest BCUT2D eigenvalue weighted by Gasteiger charge is 2.17. The monoisotopic (exact) mass is 301 g/mol. The lowest BCUT2D eigenvalue weighted by molar-refractivity contribution is 0.0973. The summed E-state index contributed by atoms with van der Waals surface area (Å²) in [7, 11) is 0. The van der Waals surface area contributed by atoms with Crippen LogP contribution in [-0.4, -0.2) is 10.8 Å². The third-order valence-electron chi connectivity index (χ3n) is 4.03. The van der Waals surface area contributed by atoms with E-state index in [1.54, 1.807) is 12.4 Å². The highest BCUT2D eigenvalue weighted by molar-refractivity contribution is 5.96. The number of carbonyl (C=O) groups is 1. The van der Waals surface area contributed by atoms with E-state index in [0.29, 0.717) is 6.42 Å². The molecule has 1 heterocycles. The Balaban J connectivity index is 1.82. The van der Waals surface area contributed by atoms with Gasteiger partial charge in [-0.3, -0.25) is 9.78 Å². The van der Waals surface area contributed by atoms with Crippen LogP contribution >= 0.6 is 0 Å². The summed E-state index contributed by atoms with van der Waals surface area (Å²) in [4.78, 5) is 16.7. The fraction of sp³-hybridized carbons (Fsp3) is 0.143. The molecule has 23 heavy (non-hydrogen) atoms. The highest BCUT2D eigenvalue weighted by atomic mass is 16.1. The molecule has 2 aromatic carbocycles. The third-order valence-corrected chi connectivity index (χ3v) is 4.03. The van der Waals surface area contributed by atoms with Crippen LogP contribution < -0.4 is 0 Å². The second kappa shape index (κ2) is 7.50. The molecule has 2 nitrogen and oxygen atoms in total. The molecule has 114 valence electrons. The summed E-state index contributed by atoms with van der Waals surface area (Å²) >= 11 is 0. The minimum atomic E-state index is 0.173. The van der Waals surface area contributed by atoms with E-state index in [9.17, 15) is 4.79 Å². The Morgan fingerprint density at radius 2 is 1.43 bits per heavy atom. The number of ketones is 1. The molecule has 1 unspecified atom stereocenters. The Hall–Kier alpha value is -2.74. The highest BCUT2D eigenvalue weighted by Crippen LogP contribution is 2.26. The van der Waals surface area contributed by atoms with Crippen molar-refractivity contribution in [2.75, 3.05) is 0 Å². The Kier molecular flexibility index (Phi) is 4.95. The van der Waals surface area contributed by atoms with Crippen molar-refractivity contribution in [2.24, 2.45) is 0 Å². The van der Waals surface area contributed by atoms with E-state index in [-0.39, 0.29) is 11.7 Å². The number of nitrogens with zero attached hydrogens (tertiary/aromatic N) is 1. The lowest BCUT2D eigenvalue weighted by Crippen LogP contribution is -2.10. The van der Waals surface area contributed by atoms with Crippen molar-refractivity contribution in [3.05, 3.63) is 102 Å². The Morgan fingerprint density at radius 3 is 2.09 bits per heavy atom. The Bertz CT molecular complexity index is 739. The number of Topliss-reactive ketones (excluding diaryl/α,β-unsaturated/α-hetero) is 1. The number of hydrogen-bond donors (Lipinski definition) is 0. The lowest BCUT2D eigenvalue weighted by Gasteiger charge is -2.17. The van der Waals surface area contributed by atoms with Crippen LogP contribution in [0.1, 0.15) is 33.8 Å². The predicted octanol–water partition coefficient (Wildman–Crippen LogP) is 4.68. The molecule has 1 aromatic heterocycles. The van der Waals surface area contributed by atoms with Crippen molar-refractivity contribution in [1.82, 2.24) is 4.98 Å². The Labute approximate surface area is 136 Å². The number of carbonyl (C=O) groups excluding carboxylic acids is 1. The van der Waals surface area contributed by atoms with Crippen molar-refractivity contribution < 1.29 is 4.79 Å². The van der Waals surface area contributed by atoms with Crippen LogP contribution in [0.3, 0.4) is 0 Å². The standard InChI is InChI=1S/C21H19NO/c23-21(19-9-5-2-6-10-19)16-20(18-7-3-1-4-8-18)15-17-11-13-22-14-12-17/h1-14,20H,15-16H2. The summed E-state index contributed by atoms with van der Waals surface area (Å²) in [5.41, 5.74) is 3.19. The zero-order chi connectivity index (χ0) is 15.9. The fourth-order valence-electron chi connectivity index (χ4n) is 2.80. The molecule has 0 bridgehead atoms. The maximum Gasteiger partial charge on any atom is 0.163 e. The van der Waals surface area contributed by atoms with Gasteiger partial charge < -0.3 is 0 Å². The quantitative estimate of drug-likeness (QED) is 0.619. The average Bonchev–Trinajstić information content (AvgIpc) is 2.63. The largest absolute Gasteiger partial charge is 0.294 e. The van der Waals surface area contributed by atoms with Crippen LogP contribution in [0.4, 0.5) is 0 Å². The van der Waals surface area contributed by atoms with Gasteiger partial charge in [0.1, 0.15) is 0 Å². The average molecular weight is 301 g/mol. The second-order valence-corrected chi connectivity index (χ2v) is 5.66. The molecule has 1 atom stereocenters. The molecular formula is C21H19NO. The first-order chi connectivity index (χ1) is 11.3. The van der Waals surface area contributed by atoms with Gasteiger partial charge in [0.25, 0.3) is 0 Å². The van der Waals surface area contributed by atoms with Gasteiger partial charge >= 0.3 is 0 Å². The van der Waals surface area contributed by atoms with E-state index in [1.807, 2.05) is 60.7 Å². The van der Waals surface area contributed by atoms with E-state index in [2.05, 4.69) is 17.1 Å². The summed E-state index contributed by atoms with van der Waals surface area (Å²) in [6.07, 6.45) is 4.95. The topological polar surface area (TPSA) is 30.0 Å². The van der Waals surface area contributed by atoms with Crippen LogP contribution in [0.2, 0.25) is 0 Å². The van der Waals surface area contributed by atoms with Crippen LogP contribution in [0, 0.1) is 0 Å². The van der Waals surface area contributed by atoms with Crippen molar-refractivity contribution in [3.8, 4) is 0 Å². The first kappa shape index (κ1) is 15.2. The molecule has 3 rings (SSSR count). The molecule has 0 N–H and O–H groups in total. The van der Waals surface area contributed by atoms with E-state index < -0.39 is 0 Å². The first-order valence-electron chi connectivity index (χ1n) is 7.85. The molecule has 0 spiro atoms. The summed E-state index contributed by atoms with van der Waals surface area (Å²) in [5, 5.41) is 0. The SMILES string of the molecule is O=C(CC(Cc1ccncc1)c1ccccc1)c1ccccc1. The molecule has 0 aliphatic heterocycles. The van der Waals surface area contributed by atoms with E-state index in [4.69, 9.17) is 0 Å². The minimum Gasteiger partial charge on any atom is -0.294 e. The summed E-state index contributed by atoms with van der Waals surface area (Å²) < 4.78 is 0. The Morgan fingerprint density at radius 1 is 0.826 bits per heavy atom. The van der Waals surface area contributed by atoms with Crippen LogP contribution in [-0.2, 0) is 6.42 Å². The van der Waals surface area contributed by atoms with Crippen LogP contribution in [0.25, 0.3) is 0 Å². The van der Waals surface area contributed by atoms with E-state index >= 15 is 0 Å². The number of pyridine rings is 1. The summed E-state index contributed by atoms with van der Waals surface area (Å²) in [6, 6.07) is 23.8. The maximum absolute atomic E-state index is 12.6. The van der Waals surface area contributed by atoms with Gasteiger partial charge in [0, 0.05) is 24.4 Å². The van der Waals surface area contributed by atoms with E-state index in [0.717, 1.165) is 12.0 Å². The fourth-order valence-corrected chi connectivity index (χ4v) is 2.80. The molecule has 0 saturated carbocycles. The van der Waals surface area contributed by atoms with Gasteiger partial charge in [0.2, 0.25) is 0 Å². The molecule has 2 heteroatoms. The summed E-state index contributed by atoms with van der Waals surface area (Å²) in [5.74, 6) is 0.361. The van der Waals surface area contributed by atoms with Gasteiger partial charge in [-0.05, 0) is 35.6 Å². The smallest absolute Gasteiger partial charge is 0.163 e. The number of hydrogen-bond acceptors (Lipinski definition) is 2. The number of benzene rings is 2. The van der Waals surface area contributed by atoms with Crippen LogP contribution in [0.15, 0.2) is 85.2 Å². The third kappa shape index (κ3) is 4.13. The normalized spacial score (nSPS) is 11.8. The molecule has 0 radical (unpaired) electrons. The first-order valence-corrected chi connectivity index (χ1v) is 7.85. The van der Waals surface area contributed by atoms with Gasteiger partial charge in [0.15, 0.2) is 5.78 Å².